The Balaban J connectivity index is 3.09. The van der Waals surface area contributed by atoms with Gasteiger partial charge in [-0.15, -0.1) is 12.3 Å². The molecule has 0 radical (unpaired) electrons. The fraction of sp³-hybridized carbons (Fsp3) is 0.200. The normalized spacial score (nSPS) is 11.1. The molecule has 0 unspecified atom stereocenters. The van der Waals surface area contributed by atoms with Crippen molar-refractivity contribution in [1.82, 2.24) is 0 Å². The summed E-state index contributed by atoms with van der Waals surface area (Å²) in [6, 6.07) is 2.68. The van der Waals surface area contributed by atoms with Crippen LogP contribution in [0.2, 0.25) is 0 Å². The Kier molecular flexibility index (Phi) is 2.80. The van der Waals surface area contributed by atoms with Crippen LogP contribution in [0.15, 0.2) is 18.2 Å². The van der Waals surface area contributed by atoms with Gasteiger partial charge >= 0.3 is 6.18 Å². The van der Waals surface area contributed by atoms with Crippen LogP contribution in [0.3, 0.4) is 0 Å². The molecule has 0 nitrogen and oxygen atoms in total. The maximum absolute atomic E-state index is 12.9. The third-order valence-corrected chi connectivity index (χ3v) is 1.65. The van der Waals surface area contributed by atoms with Gasteiger partial charge in [0.25, 0.3) is 0 Å². The molecule has 0 aliphatic carbocycles. The van der Waals surface area contributed by atoms with Crippen molar-refractivity contribution in [3.05, 3.63) is 35.1 Å². The molecular weight excluding hydrogens is 196 g/mol. The Labute approximate surface area is 78.6 Å². The van der Waals surface area contributed by atoms with Gasteiger partial charge in [-0.3, -0.25) is 0 Å². The topological polar surface area (TPSA) is 0 Å². The molecule has 0 heterocycles. The first-order chi connectivity index (χ1) is 6.45. The SMILES string of the molecule is C#CCc1ccc(C(F)(F)F)c(F)c1. The fourth-order valence-corrected chi connectivity index (χ4v) is 1.02. The van der Waals surface area contributed by atoms with Crippen LogP contribution in [0.5, 0.6) is 0 Å². The van der Waals surface area contributed by atoms with Gasteiger partial charge in [0.1, 0.15) is 5.82 Å². The Morgan fingerprint density at radius 2 is 1.93 bits per heavy atom. The summed E-state index contributed by atoms with van der Waals surface area (Å²) in [6.07, 6.45) is 0.406. The number of terminal acetylenes is 1. The van der Waals surface area contributed by atoms with Crippen LogP contribution >= 0.6 is 0 Å². The molecule has 0 saturated heterocycles. The maximum Gasteiger partial charge on any atom is 0.419 e. The van der Waals surface area contributed by atoms with Gasteiger partial charge < -0.3 is 0 Å². The van der Waals surface area contributed by atoms with Crippen LogP contribution in [0, 0.1) is 18.2 Å². The van der Waals surface area contributed by atoms with Crippen molar-refractivity contribution >= 4 is 0 Å². The first-order valence-corrected chi connectivity index (χ1v) is 3.74. The van der Waals surface area contributed by atoms with E-state index in [2.05, 4.69) is 5.92 Å². The molecule has 0 bridgehead atoms. The van der Waals surface area contributed by atoms with Crippen LogP contribution in [-0.4, -0.2) is 0 Å². The van der Waals surface area contributed by atoms with Crippen molar-refractivity contribution in [3.63, 3.8) is 0 Å². The standard InChI is InChI=1S/C10H6F4/c1-2-3-7-4-5-8(9(11)6-7)10(12,13)14/h1,4-6H,3H2. The lowest BCUT2D eigenvalue weighted by Crippen LogP contribution is -2.08. The third-order valence-electron chi connectivity index (χ3n) is 1.65. The van der Waals surface area contributed by atoms with Gasteiger partial charge in [0, 0.05) is 6.42 Å². The molecule has 0 saturated carbocycles. The summed E-state index contributed by atoms with van der Waals surface area (Å²) >= 11 is 0. The summed E-state index contributed by atoms with van der Waals surface area (Å²) in [5.41, 5.74) is -0.906. The lowest BCUT2D eigenvalue weighted by molar-refractivity contribution is -0.140. The first kappa shape index (κ1) is 10.6. The molecule has 74 valence electrons. The van der Waals surface area contributed by atoms with Crippen molar-refractivity contribution in [3.8, 4) is 12.3 Å². The van der Waals surface area contributed by atoms with Crippen molar-refractivity contribution in [2.24, 2.45) is 0 Å². The van der Waals surface area contributed by atoms with E-state index >= 15 is 0 Å². The number of rotatable bonds is 1. The van der Waals surface area contributed by atoms with Gasteiger partial charge in [0.15, 0.2) is 0 Å². The van der Waals surface area contributed by atoms with Crippen molar-refractivity contribution in [2.75, 3.05) is 0 Å². The molecule has 0 fully saturated rings. The van der Waals surface area contributed by atoms with Gasteiger partial charge in [0.05, 0.1) is 5.56 Å². The summed E-state index contributed by atoms with van der Waals surface area (Å²) in [5.74, 6) is 0.935. The van der Waals surface area contributed by atoms with Gasteiger partial charge in [-0.1, -0.05) is 6.07 Å². The van der Waals surface area contributed by atoms with Gasteiger partial charge in [-0.25, -0.2) is 4.39 Å². The lowest BCUT2D eigenvalue weighted by atomic mass is 10.1. The Hall–Kier alpha value is -1.50. The predicted octanol–water partition coefficient (Wildman–Crippen LogP) is 3.02. The van der Waals surface area contributed by atoms with E-state index in [9.17, 15) is 17.6 Å². The molecule has 0 amide bonds. The summed E-state index contributed by atoms with van der Waals surface area (Å²) < 4.78 is 49.1. The molecule has 0 spiro atoms. The smallest absolute Gasteiger partial charge is 0.206 e. The molecule has 14 heavy (non-hydrogen) atoms. The number of halogens is 4. The Morgan fingerprint density at radius 3 is 2.36 bits per heavy atom. The second kappa shape index (κ2) is 3.70. The Morgan fingerprint density at radius 1 is 1.29 bits per heavy atom. The molecule has 1 aromatic carbocycles. The number of hydrogen-bond donors (Lipinski definition) is 0. The van der Waals surface area contributed by atoms with Crippen LogP contribution in [-0.2, 0) is 12.6 Å². The van der Waals surface area contributed by atoms with Crippen molar-refractivity contribution < 1.29 is 17.6 Å². The summed E-state index contributed by atoms with van der Waals surface area (Å²) in [5, 5.41) is 0. The highest BCUT2D eigenvalue weighted by Gasteiger charge is 2.33. The molecule has 4 heteroatoms. The molecule has 0 N–H and O–H groups in total. The molecule has 0 aromatic heterocycles. The van der Waals surface area contributed by atoms with Gasteiger partial charge in [-0.2, -0.15) is 13.2 Å². The highest BCUT2D eigenvalue weighted by Crippen LogP contribution is 2.31. The highest BCUT2D eigenvalue weighted by atomic mass is 19.4. The third kappa shape index (κ3) is 2.25. The van der Waals surface area contributed by atoms with E-state index in [4.69, 9.17) is 6.42 Å². The lowest BCUT2D eigenvalue weighted by Gasteiger charge is -2.08. The minimum Gasteiger partial charge on any atom is -0.206 e. The number of alkyl halides is 3. The highest BCUT2D eigenvalue weighted by molar-refractivity contribution is 5.28. The van der Waals surface area contributed by atoms with E-state index in [0.717, 1.165) is 6.07 Å². The molecule has 0 atom stereocenters. The molecule has 1 aromatic rings. The van der Waals surface area contributed by atoms with E-state index in [1.807, 2.05) is 0 Å². The van der Waals surface area contributed by atoms with Crippen molar-refractivity contribution in [1.29, 1.82) is 0 Å². The van der Waals surface area contributed by atoms with Crippen LogP contribution in [0.1, 0.15) is 11.1 Å². The monoisotopic (exact) mass is 202 g/mol. The average Bonchev–Trinajstić information content (AvgIpc) is 2.02. The van der Waals surface area contributed by atoms with Gasteiger partial charge in [-0.05, 0) is 17.7 Å². The maximum atomic E-state index is 12.9. The predicted molar refractivity (Wildman–Crippen MR) is 43.9 cm³/mol. The van der Waals surface area contributed by atoms with Crippen LogP contribution < -0.4 is 0 Å². The minimum absolute atomic E-state index is 0.120. The van der Waals surface area contributed by atoms with E-state index in [-0.39, 0.29) is 6.42 Å². The molecule has 0 aliphatic rings. The Bertz CT molecular complexity index is 371. The first-order valence-electron chi connectivity index (χ1n) is 3.74. The summed E-state index contributed by atoms with van der Waals surface area (Å²) in [4.78, 5) is 0. The van der Waals surface area contributed by atoms with E-state index in [1.54, 1.807) is 0 Å². The zero-order valence-electron chi connectivity index (χ0n) is 7.03. The van der Waals surface area contributed by atoms with Crippen molar-refractivity contribution in [2.45, 2.75) is 12.6 Å². The zero-order chi connectivity index (χ0) is 10.8. The van der Waals surface area contributed by atoms with Gasteiger partial charge in [0.2, 0.25) is 0 Å². The van der Waals surface area contributed by atoms with Crippen LogP contribution in [0.4, 0.5) is 17.6 Å². The zero-order valence-corrected chi connectivity index (χ0v) is 7.03. The molecular formula is C10H6F4. The average molecular weight is 202 g/mol. The molecule has 0 aliphatic heterocycles. The second-order valence-corrected chi connectivity index (χ2v) is 2.69. The van der Waals surface area contributed by atoms with E-state index in [0.29, 0.717) is 11.6 Å². The largest absolute Gasteiger partial charge is 0.419 e. The van der Waals surface area contributed by atoms with E-state index < -0.39 is 17.6 Å². The molecule has 1 rings (SSSR count). The summed E-state index contributed by atoms with van der Waals surface area (Å²) in [6.45, 7) is 0. The second-order valence-electron chi connectivity index (χ2n) is 2.69. The van der Waals surface area contributed by atoms with Crippen LogP contribution in [0.25, 0.3) is 0 Å². The quantitative estimate of drug-likeness (QED) is 0.485. The minimum atomic E-state index is -4.65. The van der Waals surface area contributed by atoms with E-state index in [1.165, 1.54) is 6.07 Å². The summed E-state index contributed by atoms with van der Waals surface area (Å²) in [7, 11) is 0. The number of benzene rings is 1. The fourth-order valence-electron chi connectivity index (χ4n) is 1.02. The number of hydrogen-bond acceptors (Lipinski definition) is 0.